The van der Waals surface area contributed by atoms with Crippen molar-refractivity contribution < 1.29 is 14.6 Å². The average Bonchev–Trinajstić information content (AvgIpc) is 2.54. The molecule has 5 nitrogen and oxygen atoms in total. The van der Waals surface area contributed by atoms with Crippen molar-refractivity contribution in [3.8, 4) is 11.5 Å². The molecule has 2 aromatic rings. The Morgan fingerprint density at radius 1 is 1.25 bits per heavy atom. The Bertz CT molecular complexity index is 754. The van der Waals surface area contributed by atoms with Gasteiger partial charge >= 0.3 is 0 Å². The lowest BCUT2D eigenvalue weighted by Gasteiger charge is -2.07. The maximum atomic E-state index is 12.1. The van der Waals surface area contributed by atoms with Gasteiger partial charge < -0.3 is 9.84 Å². The third-order valence-electron chi connectivity index (χ3n) is 3.47. The fourth-order valence-corrected chi connectivity index (χ4v) is 2.23. The van der Waals surface area contributed by atoms with Gasteiger partial charge in [0.05, 0.1) is 12.8 Å². The third-order valence-corrected chi connectivity index (χ3v) is 3.47. The highest BCUT2D eigenvalue weighted by Crippen LogP contribution is 2.22. The van der Waals surface area contributed by atoms with E-state index in [2.05, 4.69) is 10.5 Å². The van der Waals surface area contributed by atoms with Crippen LogP contribution in [0.15, 0.2) is 41.5 Å². The van der Waals surface area contributed by atoms with Crippen molar-refractivity contribution in [2.24, 2.45) is 5.10 Å². The minimum atomic E-state index is -0.286. The van der Waals surface area contributed by atoms with Crippen LogP contribution in [0.3, 0.4) is 0 Å². The Balaban J connectivity index is 2.02. The van der Waals surface area contributed by atoms with Crippen molar-refractivity contribution in [2.45, 2.75) is 27.2 Å². The molecule has 0 aromatic heterocycles. The molecule has 0 bridgehead atoms. The molecule has 0 spiro atoms. The smallest absolute Gasteiger partial charge is 0.271 e. The monoisotopic (exact) mass is 326 g/mol. The number of nitrogens with one attached hydrogen (secondary N) is 1. The van der Waals surface area contributed by atoms with Crippen LogP contribution in [0.25, 0.3) is 0 Å². The van der Waals surface area contributed by atoms with Crippen molar-refractivity contribution in [3.05, 3.63) is 58.7 Å². The van der Waals surface area contributed by atoms with Crippen molar-refractivity contribution in [3.63, 3.8) is 0 Å². The first-order chi connectivity index (χ1) is 11.5. The van der Waals surface area contributed by atoms with Crippen molar-refractivity contribution in [2.75, 3.05) is 6.61 Å². The Kier molecular flexibility index (Phi) is 5.95. The molecule has 0 radical (unpaired) electrons. The van der Waals surface area contributed by atoms with Crippen LogP contribution >= 0.6 is 0 Å². The first-order valence-electron chi connectivity index (χ1n) is 7.87. The number of hydrazone groups is 1. The Labute approximate surface area is 142 Å². The van der Waals surface area contributed by atoms with E-state index in [1.807, 2.05) is 32.9 Å². The number of nitrogens with zero attached hydrogens (tertiary/aromatic N) is 1. The van der Waals surface area contributed by atoms with E-state index in [4.69, 9.17) is 4.74 Å². The highest BCUT2D eigenvalue weighted by molar-refractivity contribution is 5.96. The quantitative estimate of drug-likeness (QED) is 0.630. The molecule has 0 unspecified atom stereocenters. The summed E-state index contributed by atoms with van der Waals surface area (Å²) in [5.41, 5.74) is 5.54. The fourth-order valence-electron chi connectivity index (χ4n) is 2.23. The summed E-state index contributed by atoms with van der Waals surface area (Å²) >= 11 is 0. The number of carbonyl (C=O) groups is 1. The minimum absolute atomic E-state index is 0.0492. The van der Waals surface area contributed by atoms with Crippen LogP contribution < -0.4 is 10.2 Å². The molecule has 0 saturated heterocycles. The second kappa shape index (κ2) is 8.15. The van der Waals surface area contributed by atoms with Crippen LogP contribution in [0.4, 0.5) is 0 Å². The summed E-state index contributed by atoms with van der Waals surface area (Å²) in [4.78, 5) is 12.1. The molecule has 2 aromatic carbocycles. The molecule has 0 fully saturated rings. The van der Waals surface area contributed by atoms with E-state index in [-0.39, 0.29) is 11.7 Å². The summed E-state index contributed by atoms with van der Waals surface area (Å²) in [6, 6.07) is 10.6. The first kappa shape index (κ1) is 17.5. The van der Waals surface area contributed by atoms with Crippen molar-refractivity contribution in [1.82, 2.24) is 5.43 Å². The van der Waals surface area contributed by atoms with Gasteiger partial charge in [0.25, 0.3) is 5.91 Å². The molecule has 0 saturated carbocycles. The topological polar surface area (TPSA) is 70.9 Å². The number of aromatic hydroxyl groups is 1. The van der Waals surface area contributed by atoms with E-state index in [0.29, 0.717) is 23.5 Å². The molecule has 2 rings (SSSR count). The summed E-state index contributed by atoms with van der Waals surface area (Å²) in [6.45, 7) is 6.47. The van der Waals surface area contributed by atoms with Gasteiger partial charge in [-0.25, -0.2) is 5.43 Å². The number of hydrogen-bond donors (Lipinski definition) is 2. The second-order valence-corrected chi connectivity index (χ2v) is 5.59. The molecule has 2 N–H and O–H groups in total. The normalized spacial score (nSPS) is 10.8. The van der Waals surface area contributed by atoms with E-state index in [1.54, 1.807) is 18.2 Å². The molecule has 126 valence electrons. The number of benzene rings is 2. The highest BCUT2D eigenvalue weighted by Gasteiger charge is 2.08. The molecule has 0 aliphatic carbocycles. The minimum Gasteiger partial charge on any atom is -0.507 e. The number of aryl methyl sites for hydroxylation is 2. The van der Waals surface area contributed by atoms with Gasteiger partial charge in [-0.2, -0.15) is 5.10 Å². The zero-order valence-corrected chi connectivity index (χ0v) is 14.2. The van der Waals surface area contributed by atoms with Gasteiger partial charge in [-0.3, -0.25) is 4.79 Å². The maximum Gasteiger partial charge on any atom is 0.271 e. The lowest BCUT2D eigenvalue weighted by atomic mass is 10.1. The summed E-state index contributed by atoms with van der Waals surface area (Å²) in [5, 5.41) is 13.9. The van der Waals surface area contributed by atoms with Gasteiger partial charge in [0.1, 0.15) is 11.5 Å². The molecule has 0 atom stereocenters. The molecule has 0 aliphatic heterocycles. The number of rotatable bonds is 6. The standard InChI is InChI=1S/C19H22N2O3/c1-4-9-24-16-7-6-15(18(22)11-16)12-20-21-19(23)17-8-5-13(2)10-14(17)3/h5-8,10-12,22H,4,9H2,1-3H3,(H,21,23). The SMILES string of the molecule is CCCOc1ccc(C=NNC(=O)c2ccc(C)cc2C)c(O)c1. The average molecular weight is 326 g/mol. The Hall–Kier alpha value is -2.82. The predicted molar refractivity (Wildman–Crippen MR) is 94.9 cm³/mol. The summed E-state index contributed by atoms with van der Waals surface area (Å²) in [6.07, 6.45) is 2.30. The van der Waals surface area contributed by atoms with Crippen LogP contribution in [0.5, 0.6) is 11.5 Å². The highest BCUT2D eigenvalue weighted by atomic mass is 16.5. The number of ether oxygens (including phenoxy) is 1. The van der Waals surface area contributed by atoms with E-state index >= 15 is 0 Å². The van der Waals surface area contributed by atoms with E-state index in [0.717, 1.165) is 17.5 Å². The molecule has 0 aliphatic rings. The first-order valence-corrected chi connectivity index (χ1v) is 7.87. The van der Waals surface area contributed by atoms with Crippen molar-refractivity contribution in [1.29, 1.82) is 0 Å². The van der Waals surface area contributed by atoms with Gasteiger partial charge in [-0.05, 0) is 44.0 Å². The lowest BCUT2D eigenvalue weighted by Crippen LogP contribution is -2.18. The van der Waals surface area contributed by atoms with E-state index in [1.165, 1.54) is 12.3 Å². The van der Waals surface area contributed by atoms with Crippen LogP contribution in [0.1, 0.15) is 40.4 Å². The number of phenolic OH excluding ortho intramolecular Hbond substituents is 1. The zero-order valence-electron chi connectivity index (χ0n) is 14.2. The lowest BCUT2D eigenvalue weighted by molar-refractivity contribution is 0.0954. The summed E-state index contributed by atoms with van der Waals surface area (Å²) in [7, 11) is 0. The molecule has 0 heterocycles. The fraction of sp³-hybridized carbons (Fsp3) is 0.263. The van der Waals surface area contributed by atoms with Crippen LogP contribution in [0, 0.1) is 13.8 Å². The largest absolute Gasteiger partial charge is 0.507 e. The third kappa shape index (κ3) is 4.59. The Morgan fingerprint density at radius 2 is 2.04 bits per heavy atom. The Morgan fingerprint density at radius 3 is 2.71 bits per heavy atom. The van der Waals surface area contributed by atoms with E-state index in [9.17, 15) is 9.90 Å². The number of phenols is 1. The number of carbonyl (C=O) groups excluding carboxylic acids is 1. The van der Waals surface area contributed by atoms with Crippen LogP contribution in [0.2, 0.25) is 0 Å². The van der Waals surface area contributed by atoms with Crippen LogP contribution in [-0.4, -0.2) is 23.8 Å². The number of amides is 1. The number of hydrogen-bond acceptors (Lipinski definition) is 4. The molecule has 5 heteroatoms. The van der Waals surface area contributed by atoms with Crippen LogP contribution in [-0.2, 0) is 0 Å². The van der Waals surface area contributed by atoms with Gasteiger partial charge in [0.15, 0.2) is 0 Å². The second-order valence-electron chi connectivity index (χ2n) is 5.59. The molecular formula is C19H22N2O3. The summed E-state index contributed by atoms with van der Waals surface area (Å²) < 4.78 is 5.44. The van der Waals surface area contributed by atoms with Gasteiger partial charge in [0, 0.05) is 17.2 Å². The van der Waals surface area contributed by atoms with E-state index < -0.39 is 0 Å². The molecular weight excluding hydrogens is 304 g/mol. The maximum absolute atomic E-state index is 12.1. The zero-order chi connectivity index (χ0) is 17.5. The molecule has 24 heavy (non-hydrogen) atoms. The van der Waals surface area contributed by atoms with Gasteiger partial charge in [0.2, 0.25) is 0 Å². The molecule has 1 amide bonds. The predicted octanol–water partition coefficient (Wildman–Crippen LogP) is 3.56. The van der Waals surface area contributed by atoms with Gasteiger partial charge in [-0.15, -0.1) is 0 Å². The summed E-state index contributed by atoms with van der Waals surface area (Å²) in [5.74, 6) is 0.366. The van der Waals surface area contributed by atoms with Gasteiger partial charge in [-0.1, -0.05) is 24.6 Å². The van der Waals surface area contributed by atoms with Crippen molar-refractivity contribution >= 4 is 12.1 Å².